The fraction of sp³-hybridized carbons (Fsp3) is 0.636. The standard InChI is InChI=1S/C11H16O2S/c1-3-13-9-6-11(12,7-9)10-4-5-14-8(10)2/h4-5,9,12H,3,6-7H2,1-2H3. The maximum Gasteiger partial charge on any atom is 0.0956 e. The van der Waals surface area contributed by atoms with Gasteiger partial charge >= 0.3 is 0 Å². The lowest BCUT2D eigenvalue weighted by Gasteiger charge is -2.43. The van der Waals surface area contributed by atoms with Crippen molar-refractivity contribution in [3.63, 3.8) is 0 Å². The van der Waals surface area contributed by atoms with Crippen LogP contribution in [0, 0.1) is 6.92 Å². The number of aliphatic hydroxyl groups is 1. The van der Waals surface area contributed by atoms with Gasteiger partial charge in [-0.2, -0.15) is 0 Å². The van der Waals surface area contributed by atoms with Crippen LogP contribution in [0.5, 0.6) is 0 Å². The lowest BCUT2D eigenvalue weighted by Crippen LogP contribution is -2.46. The van der Waals surface area contributed by atoms with Crippen LogP contribution in [-0.2, 0) is 10.3 Å². The van der Waals surface area contributed by atoms with Crippen LogP contribution >= 0.6 is 11.3 Å². The molecule has 1 aromatic rings. The second-order valence-corrected chi connectivity index (χ2v) is 5.03. The van der Waals surface area contributed by atoms with E-state index in [9.17, 15) is 5.11 Å². The summed E-state index contributed by atoms with van der Waals surface area (Å²) in [6, 6.07) is 2.03. The second-order valence-electron chi connectivity index (χ2n) is 3.91. The van der Waals surface area contributed by atoms with Crippen molar-refractivity contribution < 1.29 is 9.84 Å². The number of rotatable bonds is 3. The molecule has 0 saturated heterocycles. The Bertz CT molecular complexity index is 313. The molecule has 1 aromatic heterocycles. The largest absolute Gasteiger partial charge is 0.385 e. The molecule has 0 spiro atoms. The summed E-state index contributed by atoms with van der Waals surface area (Å²) in [5.74, 6) is 0. The van der Waals surface area contributed by atoms with Crippen LogP contribution < -0.4 is 0 Å². The monoisotopic (exact) mass is 212 g/mol. The molecule has 1 aliphatic rings. The van der Waals surface area contributed by atoms with Gasteiger partial charge in [0.15, 0.2) is 0 Å². The Morgan fingerprint density at radius 2 is 2.36 bits per heavy atom. The van der Waals surface area contributed by atoms with E-state index in [1.54, 1.807) is 11.3 Å². The summed E-state index contributed by atoms with van der Waals surface area (Å²) in [5, 5.41) is 12.3. The van der Waals surface area contributed by atoms with Gasteiger partial charge in [-0.25, -0.2) is 0 Å². The first-order valence-corrected chi connectivity index (χ1v) is 5.92. The summed E-state index contributed by atoms with van der Waals surface area (Å²) in [5.41, 5.74) is 0.489. The zero-order chi connectivity index (χ0) is 10.2. The van der Waals surface area contributed by atoms with Crippen molar-refractivity contribution in [2.45, 2.75) is 38.4 Å². The van der Waals surface area contributed by atoms with Gasteiger partial charge in [-0.3, -0.25) is 0 Å². The molecule has 14 heavy (non-hydrogen) atoms. The van der Waals surface area contributed by atoms with Crippen molar-refractivity contribution in [2.24, 2.45) is 0 Å². The van der Waals surface area contributed by atoms with E-state index in [0.29, 0.717) is 0 Å². The van der Waals surface area contributed by atoms with E-state index in [0.717, 1.165) is 25.0 Å². The third-order valence-electron chi connectivity index (χ3n) is 2.89. The van der Waals surface area contributed by atoms with Gasteiger partial charge < -0.3 is 9.84 Å². The Balaban J connectivity index is 2.04. The summed E-state index contributed by atoms with van der Waals surface area (Å²) in [4.78, 5) is 1.22. The molecule has 1 saturated carbocycles. The molecule has 0 amide bonds. The van der Waals surface area contributed by atoms with E-state index in [1.807, 2.05) is 18.4 Å². The van der Waals surface area contributed by atoms with Gasteiger partial charge in [-0.05, 0) is 30.9 Å². The van der Waals surface area contributed by atoms with E-state index in [-0.39, 0.29) is 6.10 Å². The van der Waals surface area contributed by atoms with E-state index >= 15 is 0 Å². The highest BCUT2D eigenvalue weighted by Gasteiger charge is 2.45. The van der Waals surface area contributed by atoms with Gasteiger partial charge in [-0.15, -0.1) is 11.3 Å². The Morgan fingerprint density at radius 1 is 1.64 bits per heavy atom. The normalized spacial score (nSPS) is 31.5. The fourth-order valence-corrected chi connectivity index (χ4v) is 2.93. The molecule has 0 aliphatic heterocycles. The first kappa shape index (κ1) is 10.1. The maximum atomic E-state index is 10.3. The van der Waals surface area contributed by atoms with Crippen molar-refractivity contribution in [1.29, 1.82) is 0 Å². The summed E-state index contributed by atoms with van der Waals surface area (Å²) in [6.45, 7) is 4.79. The third-order valence-corrected chi connectivity index (χ3v) is 3.74. The quantitative estimate of drug-likeness (QED) is 0.834. The zero-order valence-electron chi connectivity index (χ0n) is 8.62. The average molecular weight is 212 g/mol. The van der Waals surface area contributed by atoms with E-state index < -0.39 is 5.60 Å². The summed E-state index contributed by atoms with van der Waals surface area (Å²) < 4.78 is 5.45. The lowest BCUT2D eigenvalue weighted by molar-refractivity contribution is -0.142. The molecule has 1 heterocycles. The first-order chi connectivity index (χ1) is 6.65. The van der Waals surface area contributed by atoms with Gasteiger partial charge in [0.1, 0.15) is 0 Å². The number of aryl methyl sites for hydroxylation is 1. The molecule has 0 aromatic carbocycles. The van der Waals surface area contributed by atoms with Gasteiger partial charge in [0.05, 0.1) is 11.7 Å². The molecule has 1 N–H and O–H groups in total. The topological polar surface area (TPSA) is 29.5 Å². The summed E-state index contributed by atoms with van der Waals surface area (Å²) >= 11 is 1.69. The van der Waals surface area contributed by atoms with E-state index in [1.165, 1.54) is 4.88 Å². The van der Waals surface area contributed by atoms with Crippen LogP contribution in [0.25, 0.3) is 0 Å². The van der Waals surface area contributed by atoms with Crippen LogP contribution in [0.1, 0.15) is 30.2 Å². The molecule has 1 fully saturated rings. The third kappa shape index (κ3) is 1.60. The van der Waals surface area contributed by atoms with Crippen molar-refractivity contribution in [3.05, 3.63) is 21.9 Å². The number of hydrogen-bond acceptors (Lipinski definition) is 3. The lowest BCUT2D eigenvalue weighted by atomic mass is 9.73. The summed E-state index contributed by atoms with van der Waals surface area (Å²) in [6.07, 6.45) is 1.75. The molecule has 0 radical (unpaired) electrons. The van der Waals surface area contributed by atoms with Gasteiger partial charge in [0, 0.05) is 24.3 Å². The highest BCUT2D eigenvalue weighted by atomic mass is 32.1. The predicted octanol–water partition coefficient (Wildman–Crippen LogP) is 2.44. The molecule has 3 heteroatoms. The maximum absolute atomic E-state index is 10.3. The van der Waals surface area contributed by atoms with E-state index in [4.69, 9.17) is 4.74 Å². The first-order valence-electron chi connectivity index (χ1n) is 5.04. The van der Waals surface area contributed by atoms with Crippen molar-refractivity contribution in [1.82, 2.24) is 0 Å². The second kappa shape index (κ2) is 3.65. The van der Waals surface area contributed by atoms with Gasteiger partial charge in [0.2, 0.25) is 0 Å². The Hall–Kier alpha value is -0.380. The Morgan fingerprint density at radius 3 is 2.86 bits per heavy atom. The van der Waals surface area contributed by atoms with Crippen LogP contribution in [0.2, 0.25) is 0 Å². The highest BCUT2D eigenvalue weighted by molar-refractivity contribution is 7.10. The fourth-order valence-electron chi connectivity index (χ4n) is 2.13. The minimum absolute atomic E-state index is 0.254. The minimum atomic E-state index is -0.607. The summed E-state index contributed by atoms with van der Waals surface area (Å²) in [7, 11) is 0. The van der Waals surface area contributed by atoms with Crippen molar-refractivity contribution >= 4 is 11.3 Å². The average Bonchev–Trinajstić information content (AvgIpc) is 2.49. The Labute approximate surface area is 88.5 Å². The van der Waals surface area contributed by atoms with E-state index in [2.05, 4.69) is 6.92 Å². The van der Waals surface area contributed by atoms with Crippen molar-refractivity contribution in [3.8, 4) is 0 Å². The highest BCUT2D eigenvalue weighted by Crippen LogP contribution is 2.45. The molecular weight excluding hydrogens is 196 g/mol. The van der Waals surface area contributed by atoms with Crippen LogP contribution in [0.15, 0.2) is 11.4 Å². The molecule has 2 nitrogen and oxygen atoms in total. The molecule has 0 atom stereocenters. The van der Waals surface area contributed by atoms with Crippen LogP contribution in [-0.4, -0.2) is 17.8 Å². The van der Waals surface area contributed by atoms with Crippen molar-refractivity contribution in [2.75, 3.05) is 6.61 Å². The molecular formula is C11H16O2S. The molecule has 78 valence electrons. The molecule has 1 aliphatic carbocycles. The molecule has 0 bridgehead atoms. The van der Waals surface area contributed by atoms with Crippen LogP contribution in [0.3, 0.4) is 0 Å². The SMILES string of the molecule is CCOC1CC(O)(c2ccsc2C)C1. The molecule has 2 rings (SSSR count). The van der Waals surface area contributed by atoms with Gasteiger partial charge in [-0.1, -0.05) is 0 Å². The van der Waals surface area contributed by atoms with Gasteiger partial charge in [0.25, 0.3) is 0 Å². The number of thiophene rings is 1. The number of ether oxygens (including phenoxy) is 1. The smallest absolute Gasteiger partial charge is 0.0956 e. The Kier molecular flexibility index (Phi) is 2.64. The zero-order valence-corrected chi connectivity index (χ0v) is 9.43. The molecule has 0 unspecified atom stereocenters. The van der Waals surface area contributed by atoms with Crippen LogP contribution in [0.4, 0.5) is 0 Å². The minimum Gasteiger partial charge on any atom is -0.385 e. The number of hydrogen-bond donors (Lipinski definition) is 1. The predicted molar refractivity (Wildman–Crippen MR) is 57.6 cm³/mol.